The number of rotatable bonds is 2. The average Bonchev–Trinajstić information content (AvgIpc) is 2.15. The second-order valence-corrected chi connectivity index (χ2v) is 3.95. The largest absolute Gasteiger partial charge is 0.508 e. The molecular weight excluding hydrogens is 316 g/mol. The third-order valence-corrected chi connectivity index (χ3v) is 2.70. The molecule has 0 aliphatic rings. The molecule has 1 N–H and O–H groups in total. The van der Waals surface area contributed by atoms with Crippen molar-refractivity contribution in [3.63, 3.8) is 0 Å². The maximum Gasteiger partial charge on any atom is 0.179 e. The van der Waals surface area contributed by atoms with E-state index in [0.29, 0.717) is 3.57 Å². The van der Waals surface area contributed by atoms with Gasteiger partial charge in [-0.25, -0.2) is 0 Å². The van der Waals surface area contributed by atoms with Gasteiger partial charge in [-0.05, 0) is 34.7 Å². The minimum atomic E-state index is -0.364. The maximum atomic E-state index is 11.3. The highest BCUT2D eigenvalue weighted by molar-refractivity contribution is 14.1. The summed E-state index contributed by atoms with van der Waals surface area (Å²) in [4.78, 5) is 11.3. The summed E-state index contributed by atoms with van der Waals surface area (Å²) >= 11 is 7.26. The van der Waals surface area contributed by atoms with Crippen LogP contribution in [0.3, 0.4) is 0 Å². The highest BCUT2D eigenvalue weighted by Crippen LogP contribution is 2.23. The molecule has 0 radical (unpaired) electrons. The lowest BCUT2D eigenvalue weighted by Gasteiger charge is -2.03. The molecule has 72 valence electrons. The molecule has 0 aliphatic carbocycles. The Hall–Kier alpha value is -0.800. The summed E-state index contributed by atoms with van der Waals surface area (Å²) in [5, 5.41) is 18.1. The van der Waals surface area contributed by atoms with Gasteiger partial charge >= 0.3 is 0 Å². The van der Waals surface area contributed by atoms with Gasteiger partial charge in [0.25, 0.3) is 0 Å². The van der Waals surface area contributed by atoms with E-state index in [2.05, 4.69) is 0 Å². The lowest BCUT2D eigenvalue weighted by Crippen LogP contribution is -2.04. The number of carbonyl (C=O) groups excluding carboxylic acids is 1. The molecule has 5 heteroatoms. The van der Waals surface area contributed by atoms with Crippen molar-refractivity contribution in [3.05, 3.63) is 26.8 Å². The minimum absolute atomic E-state index is 0.0399. The van der Waals surface area contributed by atoms with Crippen LogP contribution in [0.25, 0.3) is 0 Å². The van der Waals surface area contributed by atoms with Gasteiger partial charge in [-0.15, -0.1) is 11.6 Å². The third kappa shape index (κ3) is 2.16. The Bertz CT molecular complexity index is 426. The van der Waals surface area contributed by atoms with Crippen LogP contribution in [-0.2, 0) is 0 Å². The number of nitriles is 1. The summed E-state index contributed by atoms with van der Waals surface area (Å²) in [6, 6.07) is 4.58. The fraction of sp³-hybridized carbons (Fsp3) is 0.111. The van der Waals surface area contributed by atoms with Crippen LogP contribution in [-0.4, -0.2) is 16.8 Å². The molecule has 1 aromatic rings. The van der Waals surface area contributed by atoms with E-state index in [4.69, 9.17) is 16.9 Å². The van der Waals surface area contributed by atoms with Crippen LogP contribution in [0.4, 0.5) is 0 Å². The van der Waals surface area contributed by atoms with Crippen molar-refractivity contribution in [2.24, 2.45) is 0 Å². The monoisotopic (exact) mass is 321 g/mol. The van der Waals surface area contributed by atoms with Crippen LogP contribution in [0.2, 0.25) is 0 Å². The van der Waals surface area contributed by atoms with Crippen molar-refractivity contribution in [1.82, 2.24) is 0 Å². The zero-order valence-corrected chi connectivity index (χ0v) is 9.83. The van der Waals surface area contributed by atoms with E-state index in [0.717, 1.165) is 0 Å². The molecule has 1 rings (SSSR count). The summed E-state index contributed by atoms with van der Waals surface area (Å²) in [6.07, 6.45) is 0. The smallest absolute Gasteiger partial charge is 0.179 e. The lowest BCUT2D eigenvalue weighted by atomic mass is 10.1. The Morgan fingerprint density at radius 3 is 2.79 bits per heavy atom. The van der Waals surface area contributed by atoms with E-state index in [-0.39, 0.29) is 28.5 Å². The van der Waals surface area contributed by atoms with Crippen LogP contribution in [0.5, 0.6) is 5.75 Å². The number of phenolic OH excluding ortho intramolecular Hbond substituents is 1. The second kappa shape index (κ2) is 4.62. The zero-order valence-electron chi connectivity index (χ0n) is 6.92. The molecule has 0 saturated heterocycles. The number of hydrogen-bond donors (Lipinski definition) is 1. The van der Waals surface area contributed by atoms with Gasteiger partial charge in [0.1, 0.15) is 11.8 Å². The number of phenols is 1. The molecule has 0 saturated carbocycles. The lowest BCUT2D eigenvalue weighted by molar-refractivity contribution is 0.102. The number of carbonyl (C=O) groups is 1. The predicted octanol–water partition coefficient (Wildman–Crippen LogP) is 2.29. The summed E-state index contributed by atoms with van der Waals surface area (Å²) in [5.41, 5.74) is 0.431. The molecule has 0 atom stereocenters. The Balaban J connectivity index is 3.41. The van der Waals surface area contributed by atoms with Crippen molar-refractivity contribution in [3.8, 4) is 11.8 Å². The molecular formula is C9H5ClINO2. The number of aromatic hydroxyl groups is 1. The van der Waals surface area contributed by atoms with Gasteiger partial charge in [0.2, 0.25) is 0 Å². The first-order valence-electron chi connectivity index (χ1n) is 3.62. The van der Waals surface area contributed by atoms with E-state index in [9.17, 15) is 9.90 Å². The first-order valence-corrected chi connectivity index (χ1v) is 5.23. The van der Waals surface area contributed by atoms with Crippen molar-refractivity contribution < 1.29 is 9.90 Å². The summed E-state index contributed by atoms with van der Waals surface area (Å²) in [6.45, 7) is 0. The van der Waals surface area contributed by atoms with Crippen molar-refractivity contribution in [2.75, 3.05) is 5.88 Å². The number of alkyl halides is 1. The van der Waals surface area contributed by atoms with Crippen LogP contribution in [0, 0.1) is 14.9 Å². The number of ketones is 1. The Labute approximate surface area is 99.4 Å². The van der Waals surface area contributed by atoms with Crippen molar-refractivity contribution >= 4 is 40.0 Å². The van der Waals surface area contributed by atoms with E-state index in [1.54, 1.807) is 0 Å². The number of Topliss-reactive ketones (excluding diaryl/α,β-unsaturated/α-hetero) is 1. The van der Waals surface area contributed by atoms with E-state index >= 15 is 0 Å². The van der Waals surface area contributed by atoms with Crippen molar-refractivity contribution in [1.29, 1.82) is 5.26 Å². The molecule has 0 unspecified atom stereocenters. The minimum Gasteiger partial charge on any atom is -0.508 e. The van der Waals surface area contributed by atoms with Gasteiger partial charge in [-0.2, -0.15) is 5.26 Å². The quantitative estimate of drug-likeness (QED) is 0.516. The van der Waals surface area contributed by atoms with Gasteiger partial charge in [-0.3, -0.25) is 4.79 Å². The SMILES string of the molecule is N#Cc1c(I)cc(O)cc1C(=O)CCl. The Morgan fingerprint density at radius 1 is 1.64 bits per heavy atom. The molecule has 0 aromatic heterocycles. The number of benzene rings is 1. The zero-order chi connectivity index (χ0) is 10.7. The van der Waals surface area contributed by atoms with Gasteiger partial charge in [-0.1, -0.05) is 0 Å². The molecule has 1 aromatic carbocycles. The number of halogens is 2. The van der Waals surface area contributed by atoms with Gasteiger partial charge in [0, 0.05) is 9.13 Å². The van der Waals surface area contributed by atoms with E-state index in [1.807, 2.05) is 28.7 Å². The topological polar surface area (TPSA) is 61.1 Å². The summed E-state index contributed by atoms with van der Waals surface area (Å²) in [7, 11) is 0. The predicted molar refractivity (Wildman–Crippen MR) is 60.6 cm³/mol. The molecule has 0 bridgehead atoms. The highest BCUT2D eigenvalue weighted by atomic mass is 127. The molecule has 0 heterocycles. The first kappa shape index (κ1) is 11.3. The molecule has 14 heavy (non-hydrogen) atoms. The summed E-state index contributed by atoms with van der Waals surface area (Å²) < 4.78 is 0.540. The third-order valence-electron chi connectivity index (χ3n) is 1.61. The standard InChI is InChI=1S/C9H5ClINO2/c10-3-9(14)6-1-5(13)2-8(11)7(6)4-12/h1-2,13H,3H2. The Kier molecular flexibility index (Phi) is 3.72. The average molecular weight is 322 g/mol. The molecule has 0 aliphatic heterocycles. The molecule has 0 amide bonds. The van der Waals surface area contributed by atoms with Crippen LogP contribution < -0.4 is 0 Å². The van der Waals surface area contributed by atoms with Gasteiger partial charge in [0.05, 0.1) is 11.4 Å². The van der Waals surface area contributed by atoms with Crippen molar-refractivity contribution in [2.45, 2.75) is 0 Å². The fourth-order valence-corrected chi connectivity index (χ4v) is 1.87. The fourth-order valence-electron chi connectivity index (χ4n) is 0.998. The van der Waals surface area contributed by atoms with E-state index in [1.165, 1.54) is 12.1 Å². The first-order chi connectivity index (χ1) is 6.60. The van der Waals surface area contributed by atoms with Gasteiger partial charge < -0.3 is 5.11 Å². The van der Waals surface area contributed by atoms with Gasteiger partial charge in [0.15, 0.2) is 5.78 Å². The second-order valence-electron chi connectivity index (χ2n) is 2.52. The Morgan fingerprint density at radius 2 is 2.29 bits per heavy atom. The van der Waals surface area contributed by atoms with Crippen LogP contribution >= 0.6 is 34.2 Å². The maximum absolute atomic E-state index is 11.3. The normalized spacial score (nSPS) is 9.50. The number of hydrogen-bond acceptors (Lipinski definition) is 3. The number of nitrogens with zero attached hydrogens (tertiary/aromatic N) is 1. The van der Waals surface area contributed by atoms with Crippen LogP contribution in [0.15, 0.2) is 12.1 Å². The summed E-state index contributed by atoms with van der Waals surface area (Å²) in [5.74, 6) is -0.604. The molecule has 0 spiro atoms. The molecule has 3 nitrogen and oxygen atoms in total. The highest BCUT2D eigenvalue weighted by Gasteiger charge is 2.14. The van der Waals surface area contributed by atoms with Crippen LogP contribution in [0.1, 0.15) is 15.9 Å². The van der Waals surface area contributed by atoms with E-state index < -0.39 is 0 Å². The molecule has 0 fully saturated rings.